The molecule has 0 amide bonds. The second-order valence-corrected chi connectivity index (χ2v) is 8.58. The summed E-state index contributed by atoms with van der Waals surface area (Å²) in [6, 6.07) is 30.6. The lowest BCUT2D eigenvalue weighted by atomic mass is 9.96. The van der Waals surface area contributed by atoms with E-state index in [1.54, 1.807) is 0 Å². The molecule has 4 nitrogen and oxygen atoms in total. The third-order valence-electron chi connectivity index (χ3n) is 6.55. The fourth-order valence-electron chi connectivity index (χ4n) is 4.90. The van der Waals surface area contributed by atoms with Crippen molar-refractivity contribution in [3.05, 3.63) is 115 Å². The molecule has 0 aliphatic rings. The topological polar surface area (TPSA) is 43.3 Å². The maximum atomic E-state index is 7.33. The van der Waals surface area contributed by atoms with Gasteiger partial charge in [-0.1, -0.05) is 42.5 Å². The van der Waals surface area contributed by atoms with Gasteiger partial charge < -0.3 is 4.42 Å². The minimum atomic E-state index is 0.633. The first-order valence-electron chi connectivity index (χ1n) is 11.4. The Labute approximate surface area is 200 Å². The predicted octanol–water partition coefficient (Wildman–Crippen LogP) is 8.57. The van der Waals surface area contributed by atoms with Crippen LogP contribution in [0.1, 0.15) is 0 Å². The van der Waals surface area contributed by atoms with Gasteiger partial charge in [-0.05, 0) is 70.8 Å². The average molecular weight is 447 g/mol. The molecule has 0 bridgehead atoms. The maximum Gasteiger partial charge on any atom is 0.187 e. The van der Waals surface area contributed by atoms with Crippen LogP contribution in [0.3, 0.4) is 0 Å². The molecule has 0 aliphatic heterocycles. The molecule has 0 saturated heterocycles. The standard InChI is InChI=1S/C31H17N3O/c1-32-23-7-2-5-19(15-23)20-9-11-28-26(16-20)27-17-21(10-12-29(27)35-28)25-18-22-6-3-13-33-30(22)31-24(25)8-4-14-34-31/h2-18H. The van der Waals surface area contributed by atoms with E-state index in [0.717, 1.165) is 66.0 Å². The monoisotopic (exact) mass is 447 g/mol. The van der Waals surface area contributed by atoms with E-state index in [4.69, 9.17) is 11.0 Å². The summed E-state index contributed by atoms with van der Waals surface area (Å²) < 4.78 is 6.17. The first-order valence-corrected chi connectivity index (χ1v) is 11.4. The van der Waals surface area contributed by atoms with E-state index in [2.05, 4.69) is 51.2 Å². The largest absolute Gasteiger partial charge is 0.456 e. The van der Waals surface area contributed by atoms with Crippen molar-refractivity contribution in [2.24, 2.45) is 0 Å². The summed E-state index contributed by atoms with van der Waals surface area (Å²) in [5.74, 6) is 0. The molecule has 4 heteroatoms. The van der Waals surface area contributed by atoms with Gasteiger partial charge in [0, 0.05) is 33.9 Å². The minimum absolute atomic E-state index is 0.633. The molecule has 0 aliphatic carbocycles. The zero-order valence-electron chi connectivity index (χ0n) is 18.6. The lowest BCUT2D eigenvalue weighted by molar-refractivity contribution is 0.669. The molecular weight excluding hydrogens is 430 g/mol. The van der Waals surface area contributed by atoms with E-state index in [1.165, 1.54) is 0 Å². The van der Waals surface area contributed by atoms with Crippen LogP contribution < -0.4 is 0 Å². The highest BCUT2D eigenvalue weighted by atomic mass is 16.3. The quantitative estimate of drug-likeness (QED) is 0.197. The van der Waals surface area contributed by atoms with Crippen LogP contribution in [0.4, 0.5) is 5.69 Å². The van der Waals surface area contributed by atoms with Crippen molar-refractivity contribution in [2.45, 2.75) is 0 Å². The van der Waals surface area contributed by atoms with Crippen molar-refractivity contribution in [3.8, 4) is 22.3 Å². The molecule has 7 rings (SSSR count). The van der Waals surface area contributed by atoms with Crippen molar-refractivity contribution in [1.82, 2.24) is 9.97 Å². The highest BCUT2D eigenvalue weighted by Crippen LogP contribution is 2.38. The number of benzene rings is 4. The summed E-state index contributed by atoms with van der Waals surface area (Å²) >= 11 is 0. The average Bonchev–Trinajstić information content (AvgIpc) is 3.30. The van der Waals surface area contributed by atoms with Crippen LogP contribution in [0.2, 0.25) is 0 Å². The number of nitrogens with zero attached hydrogens (tertiary/aromatic N) is 3. The summed E-state index contributed by atoms with van der Waals surface area (Å²) in [6.45, 7) is 7.33. The van der Waals surface area contributed by atoms with E-state index in [0.29, 0.717) is 5.69 Å². The number of hydrogen-bond acceptors (Lipinski definition) is 3. The SMILES string of the molecule is [C-]#[N+]c1cccc(-c2ccc3oc4ccc(-c5cc6cccnc6c6ncccc56)cc4c3c2)c1. The van der Waals surface area contributed by atoms with Crippen molar-refractivity contribution < 1.29 is 4.42 Å². The van der Waals surface area contributed by atoms with Crippen LogP contribution in [0, 0.1) is 6.57 Å². The van der Waals surface area contributed by atoms with Gasteiger partial charge in [0.25, 0.3) is 0 Å². The van der Waals surface area contributed by atoms with Gasteiger partial charge in [0.2, 0.25) is 0 Å². The summed E-state index contributed by atoms with van der Waals surface area (Å²) in [4.78, 5) is 12.8. The van der Waals surface area contributed by atoms with Crippen molar-refractivity contribution in [1.29, 1.82) is 0 Å². The molecular formula is C31H17N3O. The Balaban J connectivity index is 1.47. The minimum Gasteiger partial charge on any atom is -0.456 e. The molecule has 0 atom stereocenters. The fourth-order valence-corrected chi connectivity index (χ4v) is 4.90. The van der Waals surface area contributed by atoms with Crippen LogP contribution in [-0.2, 0) is 0 Å². The fraction of sp³-hybridized carbons (Fsp3) is 0. The molecule has 0 spiro atoms. The first kappa shape index (κ1) is 19.5. The molecule has 3 heterocycles. The van der Waals surface area contributed by atoms with Gasteiger partial charge >= 0.3 is 0 Å². The smallest absolute Gasteiger partial charge is 0.187 e. The van der Waals surface area contributed by atoms with Crippen LogP contribution >= 0.6 is 0 Å². The Hall–Kier alpha value is -5.01. The molecule has 162 valence electrons. The number of furan rings is 1. The van der Waals surface area contributed by atoms with E-state index in [1.807, 2.05) is 67.0 Å². The second kappa shape index (κ2) is 7.51. The molecule has 0 radical (unpaired) electrons. The zero-order valence-corrected chi connectivity index (χ0v) is 18.6. The van der Waals surface area contributed by atoms with E-state index < -0.39 is 0 Å². The third-order valence-corrected chi connectivity index (χ3v) is 6.55. The van der Waals surface area contributed by atoms with Crippen LogP contribution in [0.25, 0.3) is 70.8 Å². The Morgan fingerprint density at radius 2 is 1.31 bits per heavy atom. The third kappa shape index (κ3) is 3.07. The van der Waals surface area contributed by atoms with Crippen molar-refractivity contribution in [2.75, 3.05) is 0 Å². The highest BCUT2D eigenvalue weighted by Gasteiger charge is 2.14. The van der Waals surface area contributed by atoms with Crippen molar-refractivity contribution in [3.63, 3.8) is 0 Å². The number of hydrogen-bond donors (Lipinski definition) is 0. The van der Waals surface area contributed by atoms with Gasteiger partial charge in [-0.25, -0.2) is 4.85 Å². The van der Waals surface area contributed by atoms with Gasteiger partial charge in [-0.15, -0.1) is 0 Å². The van der Waals surface area contributed by atoms with Gasteiger partial charge in [-0.2, -0.15) is 0 Å². The van der Waals surface area contributed by atoms with Gasteiger partial charge in [0.15, 0.2) is 5.69 Å². The Morgan fingerprint density at radius 3 is 2.14 bits per heavy atom. The predicted molar refractivity (Wildman–Crippen MR) is 141 cm³/mol. The Morgan fingerprint density at radius 1 is 0.600 bits per heavy atom. The molecule has 0 unspecified atom stereocenters. The van der Waals surface area contributed by atoms with Crippen molar-refractivity contribution >= 4 is 49.4 Å². The normalized spacial score (nSPS) is 11.4. The summed E-state index contributed by atoms with van der Waals surface area (Å²) in [5, 5.41) is 4.25. The molecule has 35 heavy (non-hydrogen) atoms. The molecule has 0 fully saturated rings. The van der Waals surface area contributed by atoms with E-state index in [-0.39, 0.29) is 0 Å². The van der Waals surface area contributed by atoms with E-state index >= 15 is 0 Å². The molecule has 0 N–H and O–H groups in total. The number of fused-ring (bicyclic) bond motifs is 6. The molecule has 4 aromatic carbocycles. The lowest BCUT2D eigenvalue weighted by Gasteiger charge is -2.10. The van der Waals surface area contributed by atoms with Gasteiger partial charge in [0.05, 0.1) is 17.6 Å². The van der Waals surface area contributed by atoms with Gasteiger partial charge in [-0.3, -0.25) is 9.97 Å². The number of rotatable bonds is 2. The Bertz CT molecular complexity index is 1980. The Kier molecular flexibility index (Phi) is 4.18. The first-order chi connectivity index (χ1) is 17.3. The molecule has 3 aromatic heterocycles. The zero-order chi connectivity index (χ0) is 23.4. The van der Waals surface area contributed by atoms with Crippen LogP contribution in [0.5, 0.6) is 0 Å². The van der Waals surface area contributed by atoms with Gasteiger partial charge in [0.1, 0.15) is 11.2 Å². The molecule has 0 saturated carbocycles. The molecule has 7 aromatic rings. The number of pyridine rings is 2. The van der Waals surface area contributed by atoms with E-state index in [9.17, 15) is 0 Å². The van der Waals surface area contributed by atoms with Crippen LogP contribution in [-0.4, -0.2) is 9.97 Å². The summed E-state index contributed by atoms with van der Waals surface area (Å²) in [5.41, 5.74) is 8.43. The lowest BCUT2D eigenvalue weighted by Crippen LogP contribution is -1.88. The highest BCUT2D eigenvalue weighted by molar-refractivity contribution is 6.12. The summed E-state index contributed by atoms with van der Waals surface area (Å²) in [6.07, 6.45) is 3.63. The second-order valence-electron chi connectivity index (χ2n) is 8.58. The summed E-state index contributed by atoms with van der Waals surface area (Å²) in [7, 11) is 0. The van der Waals surface area contributed by atoms with Crippen LogP contribution in [0.15, 0.2) is 108 Å². The number of aromatic nitrogens is 2. The maximum absolute atomic E-state index is 7.33.